The minimum atomic E-state index is -1.14. The van der Waals surface area contributed by atoms with Crippen molar-refractivity contribution in [2.45, 2.75) is 10.8 Å². The maximum atomic E-state index is 14.1. The van der Waals surface area contributed by atoms with Crippen LogP contribution < -0.4 is 10.5 Å². The zero-order valence-electron chi connectivity index (χ0n) is 9.57. The maximum Gasteiger partial charge on any atom is 0.312 e. The van der Waals surface area contributed by atoms with Gasteiger partial charge in [0.1, 0.15) is 11.6 Å². The van der Waals surface area contributed by atoms with Gasteiger partial charge >= 0.3 is 5.97 Å². The van der Waals surface area contributed by atoms with Crippen LogP contribution >= 0.6 is 11.8 Å². The lowest BCUT2D eigenvalue weighted by atomic mass is 9.98. The first-order chi connectivity index (χ1) is 8.06. The van der Waals surface area contributed by atoms with Crippen molar-refractivity contribution in [2.75, 3.05) is 19.9 Å². The molecule has 3 N–H and O–H groups in total. The molecule has 0 saturated carbocycles. The molecule has 4 nitrogen and oxygen atoms in total. The summed E-state index contributed by atoms with van der Waals surface area (Å²) < 4.78 is 19.1. The van der Waals surface area contributed by atoms with E-state index in [1.54, 1.807) is 12.3 Å². The highest BCUT2D eigenvalue weighted by atomic mass is 32.2. The predicted octanol–water partition coefficient (Wildman–Crippen LogP) is 1.68. The molecule has 0 aliphatic carbocycles. The van der Waals surface area contributed by atoms with E-state index in [0.717, 1.165) is 0 Å². The summed E-state index contributed by atoms with van der Waals surface area (Å²) >= 11 is 1.17. The summed E-state index contributed by atoms with van der Waals surface area (Å²) in [6.45, 7) is -0.146. The Labute approximate surface area is 103 Å². The van der Waals surface area contributed by atoms with E-state index >= 15 is 0 Å². The van der Waals surface area contributed by atoms with Crippen LogP contribution in [0.2, 0.25) is 0 Å². The second kappa shape index (κ2) is 5.88. The van der Waals surface area contributed by atoms with Gasteiger partial charge in [-0.3, -0.25) is 4.79 Å². The lowest BCUT2D eigenvalue weighted by molar-refractivity contribution is -0.138. The van der Waals surface area contributed by atoms with Crippen molar-refractivity contribution in [3.05, 3.63) is 23.5 Å². The normalized spacial score (nSPS) is 12.2. The Morgan fingerprint density at radius 2 is 2.29 bits per heavy atom. The van der Waals surface area contributed by atoms with Gasteiger partial charge in [-0.15, -0.1) is 11.8 Å². The monoisotopic (exact) mass is 259 g/mol. The van der Waals surface area contributed by atoms with E-state index in [1.165, 1.54) is 24.9 Å². The summed E-state index contributed by atoms with van der Waals surface area (Å²) in [4.78, 5) is 11.2. The molecule has 0 amide bonds. The third kappa shape index (κ3) is 2.70. The molecule has 1 unspecified atom stereocenters. The topological polar surface area (TPSA) is 72.5 Å². The van der Waals surface area contributed by atoms with Gasteiger partial charge in [0.05, 0.1) is 17.9 Å². The van der Waals surface area contributed by atoms with Crippen LogP contribution in [-0.2, 0) is 4.79 Å². The number of halogens is 1. The molecule has 17 heavy (non-hydrogen) atoms. The second-order valence-corrected chi connectivity index (χ2v) is 4.15. The minimum Gasteiger partial charge on any atom is -0.495 e. The molecule has 6 heteroatoms. The minimum absolute atomic E-state index is 0.0881. The molecular weight excluding hydrogens is 245 g/mol. The van der Waals surface area contributed by atoms with Gasteiger partial charge in [-0.05, 0) is 12.3 Å². The number of rotatable bonds is 5. The number of thioether (sulfide) groups is 1. The predicted molar refractivity (Wildman–Crippen MR) is 64.2 cm³/mol. The van der Waals surface area contributed by atoms with Crippen LogP contribution in [0.4, 0.5) is 4.39 Å². The van der Waals surface area contributed by atoms with Crippen molar-refractivity contribution in [1.82, 2.24) is 0 Å². The van der Waals surface area contributed by atoms with Gasteiger partial charge in [-0.25, -0.2) is 4.39 Å². The largest absolute Gasteiger partial charge is 0.495 e. The van der Waals surface area contributed by atoms with Crippen molar-refractivity contribution in [2.24, 2.45) is 5.73 Å². The number of hydrogen-bond acceptors (Lipinski definition) is 4. The highest BCUT2D eigenvalue weighted by Gasteiger charge is 2.24. The average molecular weight is 259 g/mol. The zero-order valence-corrected chi connectivity index (χ0v) is 10.4. The molecule has 0 aromatic heterocycles. The Morgan fingerprint density at radius 3 is 2.71 bits per heavy atom. The number of carbonyl (C=O) groups is 1. The van der Waals surface area contributed by atoms with Crippen LogP contribution in [0.15, 0.2) is 17.0 Å². The third-order valence-corrected chi connectivity index (χ3v) is 3.21. The molecule has 0 bridgehead atoms. The highest BCUT2D eigenvalue weighted by Crippen LogP contribution is 2.34. The van der Waals surface area contributed by atoms with E-state index in [1.807, 2.05) is 0 Å². The van der Waals surface area contributed by atoms with E-state index in [-0.39, 0.29) is 12.1 Å². The van der Waals surface area contributed by atoms with Gasteiger partial charge in [0.15, 0.2) is 0 Å². The number of hydrogen-bond donors (Lipinski definition) is 2. The molecule has 0 fully saturated rings. The average Bonchev–Trinajstić information content (AvgIpc) is 2.31. The fourth-order valence-corrected chi connectivity index (χ4v) is 2.18. The van der Waals surface area contributed by atoms with Crippen LogP contribution in [-0.4, -0.2) is 31.0 Å². The lowest BCUT2D eigenvalue weighted by Gasteiger charge is -2.15. The molecule has 0 radical (unpaired) electrons. The van der Waals surface area contributed by atoms with Crippen molar-refractivity contribution >= 4 is 17.7 Å². The van der Waals surface area contributed by atoms with E-state index in [4.69, 9.17) is 15.6 Å². The van der Waals surface area contributed by atoms with Crippen LogP contribution in [0.3, 0.4) is 0 Å². The fraction of sp³-hybridized carbons (Fsp3) is 0.364. The zero-order chi connectivity index (χ0) is 13.0. The van der Waals surface area contributed by atoms with E-state index in [2.05, 4.69) is 0 Å². The summed E-state index contributed by atoms with van der Waals surface area (Å²) in [6.07, 6.45) is 1.70. The molecular formula is C11H14FNO3S. The van der Waals surface area contributed by atoms with Crippen LogP contribution in [0, 0.1) is 5.82 Å². The summed E-state index contributed by atoms with van der Waals surface area (Å²) in [5, 5.41) is 8.96. The number of benzene rings is 1. The van der Waals surface area contributed by atoms with E-state index < -0.39 is 17.7 Å². The van der Waals surface area contributed by atoms with Gasteiger partial charge < -0.3 is 15.6 Å². The summed E-state index contributed by atoms with van der Waals surface area (Å²) in [7, 11) is 1.44. The molecule has 1 aromatic carbocycles. The lowest BCUT2D eigenvalue weighted by Crippen LogP contribution is -2.22. The molecule has 94 valence electrons. The number of ether oxygens (including phenoxy) is 1. The van der Waals surface area contributed by atoms with Crippen molar-refractivity contribution in [3.8, 4) is 5.75 Å². The highest BCUT2D eigenvalue weighted by molar-refractivity contribution is 7.98. The Morgan fingerprint density at radius 1 is 1.65 bits per heavy atom. The van der Waals surface area contributed by atoms with E-state index in [9.17, 15) is 9.18 Å². The summed E-state index contributed by atoms with van der Waals surface area (Å²) in [6, 6.07) is 2.95. The van der Waals surface area contributed by atoms with Crippen LogP contribution in [0.25, 0.3) is 0 Å². The smallest absolute Gasteiger partial charge is 0.312 e. The summed E-state index contributed by atoms with van der Waals surface area (Å²) in [5.74, 6) is -2.36. The Kier molecular flexibility index (Phi) is 4.77. The molecule has 0 saturated heterocycles. The molecule has 0 spiro atoms. The number of nitrogens with two attached hydrogens (primary N) is 1. The third-order valence-electron chi connectivity index (χ3n) is 2.42. The molecule has 0 aliphatic rings. The first kappa shape index (κ1) is 13.8. The first-order valence-corrected chi connectivity index (χ1v) is 6.12. The quantitative estimate of drug-likeness (QED) is 0.787. The van der Waals surface area contributed by atoms with Gasteiger partial charge in [-0.1, -0.05) is 6.07 Å². The number of methoxy groups -OCH3 is 1. The second-order valence-electron chi connectivity index (χ2n) is 3.33. The van der Waals surface area contributed by atoms with Crippen molar-refractivity contribution in [3.63, 3.8) is 0 Å². The Hall–Kier alpha value is -1.27. The van der Waals surface area contributed by atoms with Gasteiger partial charge in [0.25, 0.3) is 0 Å². The SMILES string of the molecule is COc1ccc(C(CN)C(=O)O)c(F)c1SC. The Balaban J connectivity index is 3.31. The molecule has 1 aromatic rings. The maximum absolute atomic E-state index is 14.1. The van der Waals surface area contributed by atoms with Crippen molar-refractivity contribution in [1.29, 1.82) is 0 Å². The Bertz CT molecular complexity index is 425. The number of carboxylic acid groups (broad SMARTS) is 1. The fourth-order valence-electron chi connectivity index (χ4n) is 1.53. The van der Waals surface area contributed by atoms with Crippen LogP contribution in [0.1, 0.15) is 11.5 Å². The van der Waals surface area contributed by atoms with Crippen molar-refractivity contribution < 1.29 is 19.0 Å². The van der Waals surface area contributed by atoms with Gasteiger partial charge in [-0.2, -0.15) is 0 Å². The van der Waals surface area contributed by atoms with Gasteiger partial charge in [0, 0.05) is 12.1 Å². The van der Waals surface area contributed by atoms with E-state index in [0.29, 0.717) is 10.6 Å². The molecule has 1 atom stereocenters. The molecule has 0 heterocycles. The number of carboxylic acids is 1. The standard InChI is InChI=1S/C11H14FNO3S/c1-16-8-4-3-6(7(5-13)11(14)15)9(12)10(8)17-2/h3-4,7H,5,13H2,1-2H3,(H,14,15). The molecule has 0 aliphatic heterocycles. The van der Waals surface area contributed by atoms with Crippen LogP contribution in [0.5, 0.6) is 5.75 Å². The summed E-state index contributed by atoms with van der Waals surface area (Å²) in [5.41, 5.74) is 5.44. The molecule has 1 rings (SSSR count). The first-order valence-electron chi connectivity index (χ1n) is 4.90. The van der Waals surface area contributed by atoms with Gasteiger partial charge in [0.2, 0.25) is 0 Å². The number of aliphatic carboxylic acids is 1.